The fraction of sp³-hybridized carbons (Fsp3) is 0.524. The number of anilines is 1. The maximum Gasteiger partial charge on any atom is 0.391 e. The molecule has 1 aromatic heterocycles. The molecule has 3 atom stereocenters. The van der Waals surface area contributed by atoms with Gasteiger partial charge in [0.2, 0.25) is 0 Å². The van der Waals surface area contributed by atoms with Gasteiger partial charge in [-0.2, -0.15) is 13.2 Å². The Morgan fingerprint density at radius 1 is 1.31 bits per heavy atom. The Labute approximate surface area is 210 Å². The summed E-state index contributed by atoms with van der Waals surface area (Å²) >= 11 is 7.43. The summed E-state index contributed by atoms with van der Waals surface area (Å²) in [6.45, 7) is 1.48. The first-order valence-electron chi connectivity index (χ1n) is 10.4. The van der Waals surface area contributed by atoms with Crippen molar-refractivity contribution >= 4 is 44.9 Å². The van der Waals surface area contributed by atoms with Crippen molar-refractivity contribution in [3.05, 3.63) is 39.1 Å². The molecule has 14 heteroatoms. The van der Waals surface area contributed by atoms with Gasteiger partial charge in [0, 0.05) is 23.2 Å². The van der Waals surface area contributed by atoms with Gasteiger partial charge in [0.1, 0.15) is 21.5 Å². The third kappa shape index (κ3) is 7.76. The molecule has 0 spiro atoms. The van der Waals surface area contributed by atoms with Crippen molar-refractivity contribution in [1.29, 1.82) is 0 Å². The van der Waals surface area contributed by atoms with Crippen LogP contribution < -0.4 is 5.32 Å². The lowest BCUT2D eigenvalue weighted by Gasteiger charge is -2.41. The van der Waals surface area contributed by atoms with E-state index >= 15 is 0 Å². The van der Waals surface area contributed by atoms with Gasteiger partial charge in [-0.3, -0.25) is 4.79 Å². The van der Waals surface area contributed by atoms with Crippen LogP contribution in [0.4, 0.5) is 23.2 Å². The van der Waals surface area contributed by atoms with Crippen LogP contribution in [0, 0.1) is 18.7 Å². The maximum atomic E-state index is 14.8. The predicted molar refractivity (Wildman–Crippen MR) is 126 cm³/mol. The Kier molecular flexibility index (Phi) is 9.91. The zero-order chi connectivity index (χ0) is 26.6. The van der Waals surface area contributed by atoms with Crippen LogP contribution in [0.15, 0.2) is 22.4 Å². The van der Waals surface area contributed by atoms with Gasteiger partial charge in [-0.05, 0) is 52.4 Å². The number of benzene rings is 1. The van der Waals surface area contributed by atoms with Gasteiger partial charge in [-0.15, -0.1) is 11.3 Å². The number of rotatable bonds is 6. The minimum Gasteiger partial charge on any atom is -0.483 e. The smallest absolute Gasteiger partial charge is 0.391 e. The summed E-state index contributed by atoms with van der Waals surface area (Å²) in [6, 6.07) is 1.18. The number of hydrogen-bond donors (Lipinski definition) is 2. The lowest BCUT2D eigenvalue weighted by Crippen LogP contribution is -2.49. The van der Waals surface area contributed by atoms with Gasteiger partial charge >= 0.3 is 6.18 Å². The first kappa shape index (κ1) is 29.3. The van der Waals surface area contributed by atoms with Gasteiger partial charge in [-0.25, -0.2) is 17.8 Å². The topological polar surface area (TPSA) is 99.6 Å². The summed E-state index contributed by atoms with van der Waals surface area (Å²) in [6.07, 6.45) is -4.19. The number of halogens is 5. The molecule has 2 N–H and O–H groups in total. The van der Waals surface area contributed by atoms with E-state index in [0.29, 0.717) is 10.7 Å². The molecule has 0 radical (unpaired) electrons. The van der Waals surface area contributed by atoms with Crippen LogP contribution in [-0.4, -0.2) is 62.2 Å². The van der Waals surface area contributed by atoms with Crippen LogP contribution in [0.5, 0.6) is 0 Å². The summed E-state index contributed by atoms with van der Waals surface area (Å²) in [5.74, 6) is -2.83. The number of nitrogens with zero attached hydrogens (tertiary/aromatic N) is 2. The molecule has 1 fully saturated rings. The summed E-state index contributed by atoms with van der Waals surface area (Å²) < 4.78 is 79.8. The van der Waals surface area contributed by atoms with Crippen molar-refractivity contribution in [2.45, 2.75) is 55.1 Å². The number of alkyl halides is 3. The highest BCUT2D eigenvalue weighted by molar-refractivity contribution is 7.90. The third-order valence-corrected chi connectivity index (χ3v) is 8.72. The van der Waals surface area contributed by atoms with Gasteiger partial charge in [0.25, 0.3) is 6.47 Å². The molecule has 0 bridgehead atoms. The molecule has 0 saturated heterocycles. The Hall–Kier alpha value is -1.96. The number of aryl methyl sites for hydroxylation is 1. The molecule has 1 saturated carbocycles. The number of thiazole rings is 1. The summed E-state index contributed by atoms with van der Waals surface area (Å²) in [4.78, 5) is 13.6. The van der Waals surface area contributed by atoms with Crippen LogP contribution in [0.2, 0.25) is 5.02 Å². The quantitative estimate of drug-likeness (QED) is 0.380. The lowest BCUT2D eigenvalue weighted by molar-refractivity contribution is -0.186. The second kappa shape index (κ2) is 11.8. The van der Waals surface area contributed by atoms with E-state index in [9.17, 15) is 26.0 Å². The normalized spacial score (nSPS) is 20.8. The van der Waals surface area contributed by atoms with Crippen molar-refractivity contribution < 1.29 is 35.9 Å². The zero-order valence-electron chi connectivity index (χ0n) is 19.1. The third-order valence-electron chi connectivity index (χ3n) is 5.62. The molecule has 0 unspecified atom stereocenters. The molecular formula is C21H26ClF4N3O4S2. The van der Waals surface area contributed by atoms with Crippen molar-refractivity contribution in [1.82, 2.24) is 9.88 Å². The standard InChI is InChI=1S/C20H24ClF4N3O2S2.CH2O2/c1-11-9-31-19(26-11)10-32(29,30)18-7-13(21)16(8-14(18)22)27-15-5-4-12(20(23,24)25)6-17(15)28(2)3;2-1-3/h7-9,12,15,17,27H,4-6,10H2,1-3H3;1H,(H,2,3)/t12-,15-,17-;/m0./s1. The largest absolute Gasteiger partial charge is 0.483 e. The summed E-state index contributed by atoms with van der Waals surface area (Å²) in [5, 5.41) is 12.0. The minimum absolute atomic E-state index is 0.0178. The van der Waals surface area contributed by atoms with E-state index in [2.05, 4.69) is 10.3 Å². The number of aromatic nitrogens is 1. The van der Waals surface area contributed by atoms with Crippen LogP contribution in [0.25, 0.3) is 0 Å². The van der Waals surface area contributed by atoms with E-state index in [4.69, 9.17) is 21.5 Å². The van der Waals surface area contributed by atoms with Crippen molar-refractivity contribution in [2.24, 2.45) is 5.92 Å². The number of sulfone groups is 1. The number of carbonyl (C=O) groups is 1. The number of hydrogen-bond acceptors (Lipinski definition) is 7. The average Bonchev–Trinajstić information content (AvgIpc) is 3.14. The lowest BCUT2D eigenvalue weighted by atomic mass is 9.81. The van der Waals surface area contributed by atoms with E-state index in [1.165, 1.54) is 11.3 Å². The summed E-state index contributed by atoms with van der Waals surface area (Å²) in [7, 11) is -0.642. The molecule has 0 aliphatic heterocycles. The molecule has 1 aliphatic rings. The van der Waals surface area contributed by atoms with Crippen LogP contribution in [0.3, 0.4) is 0 Å². The molecule has 0 amide bonds. The van der Waals surface area contributed by atoms with Gasteiger partial charge < -0.3 is 15.3 Å². The summed E-state index contributed by atoms with van der Waals surface area (Å²) in [5.41, 5.74) is 0.824. The Bertz CT molecular complexity index is 1130. The number of carboxylic acid groups (broad SMARTS) is 1. The SMILES string of the molecule is Cc1csc(CS(=O)(=O)c2cc(Cl)c(N[C@H]3CC[C@H](C(F)(F)F)C[C@@H]3N(C)C)cc2F)n1.O=CO. The van der Waals surface area contributed by atoms with Crippen LogP contribution in [-0.2, 0) is 20.4 Å². The fourth-order valence-corrected chi connectivity index (χ4v) is 6.74. The Morgan fingerprint density at radius 2 is 1.94 bits per heavy atom. The molecular weight excluding hydrogens is 534 g/mol. The molecule has 3 rings (SSSR count). The second-order valence-corrected chi connectivity index (χ2v) is 11.7. The Morgan fingerprint density at radius 3 is 2.46 bits per heavy atom. The van der Waals surface area contributed by atoms with Crippen molar-refractivity contribution in [3.63, 3.8) is 0 Å². The van der Waals surface area contributed by atoms with Crippen LogP contribution in [0.1, 0.15) is 30.0 Å². The van der Waals surface area contributed by atoms with E-state index in [1.54, 1.807) is 31.3 Å². The van der Waals surface area contributed by atoms with Crippen LogP contribution >= 0.6 is 22.9 Å². The van der Waals surface area contributed by atoms with Crippen molar-refractivity contribution in [3.8, 4) is 0 Å². The number of nitrogens with one attached hydrogen (secondary N) is 1. The van der Waals surface area contributed by atoms with E-state index in [0.717, 1.165) is 12.1 Å². The molecule has 1 aromatic carbocycles. The first-order chi connectivity index (χ1) is 16.2. The number of likely N-dealkylation sites (N-methyl/N-ethyl adjacent to an activating group) is 1. The van der Waals surface area contributed by atoms with E-state index < -0.39 is 50.5 Å². The van der Waals surface area contributed by atoms with Crippen molar-refractivity contribution in [2.75, 3.05) is 19.4 Å². The van der Waals surface area contributed by atoms with Gasteiger partial charge in [-0.1, -0.05) is 11.6 Å². The Balaban J connectivity index is 0.00000137. The monoisotopic (exact) mass is 559 g/mol. The predicted octanol–water partition coefficient (Wildman–Crippen LogP) is 4.99. The molecule has 7 nitrogen and oxygen atoms in total. The first-order valence-corrected chi connectivity index (χ1v) is 13.3. The maximum absolute atomic E-state index is 14.8. The van der Waals surface area contributed by atoms with Gasteiger partial charge in [0.05, 0.1) is 16.6 Å². The fourth-order valence-electron chi connectivity index (χ4n) is 3.97. The highest BCUT2D eigenvalue weighted by atomic mass is 35.5. The molecule has 1 heterocycles. The molecule has 2 aromatic rings. The highest BCUT2D eigenvalue weighted by Crippen LogP contribution is 2.40. The van der Waals surface area contributed by atoms with E-state index in [-0.39, 0.29) is 36.4 Å². The van der Waals surface area contributed by atoms with E-state index in [1.807, 2.05) is 0 Å². The minimum atomic E-state index is -4.27. The molecule has 1 aliphatic carbocycles. The highest BCUT2D eigenvalue weighted by Gasteiger charge is 2.45. The van der Waals surface area contributed by atoms with Gasteiger partial charge in [0.15, 0.2) is 9.84 Å². The zero-order valence-corrected chi connectivity index (χ0v) is 21.5. The second-order valence-electron chi connectivity index (χ2n) is 8.34. The average molecular weight is 560 g/mol. The molecule has 196 valence electrons. The molecule has 35 heavy (non-hydrogen) atoms.